The van der Waals surface area contributed by atoms with Gasteiger partial charge in [0.25, 0.3) is 0 Å². The first-order valence-electron chi connectivity index (χ1n) is 11.9. The number of hydrogen-bond acceptors (Lipinski definition) is 7. The largest absolute Gasteiger partial charge is 0.463 e. The monoisotopic (exact) mass is 506 g/mol. The Labute approximate surface area is 207 Å². The summed E-state index contributed by atoms with van der Waals surface area (Å²) in [6.45, 7) is 1.77. The summed E-state index contributed by atoms with van der Waals surface area (Å²) in [6.07, 6.45) is 20.1. The molecule has 0 fully saturated rings. The standard InChI is InChI=1S/C21H40O4.C2H2N2S3/c1-2-3-4-5-6-7-8-9-10-11-12-13-14-15-16-17-21(24)25-19-20(23)18-22;5-1-2(6)7-4-3-1/h9-10,20,22-23H,2-8,11-19H2,1H3;4H,(H,3,5)/b10-9-;. The first-order valence-corrected chi connectivity index (χ1v) is 13.5. The summed E-state index contributed by atoms with van der Waals surface area (Å²) in [5.74, 6) is -0.287. The van der Waals surface area contributed by atoms with Crippen LogP contribution in [-0.4, -0.2) is 45.1 Å². The van der Waals surface area contributed by atoms with E-state index in [4.69, 9.17) is 39.4 Å². The van der Waals surface area contributed by atoms with Gasteiger partial charge in [-0.1, -0.05) is 94.9 Å². The van der Waals surface area contributed by atoms with E-state index in [0.717, 1.165) is 29.5 Å². The Bertz CT molecular complexity index is 661. The summed E-state index contributed by atoms with van der Waals surface area (Å²) in [5, 5.41) is 20.4. The van der Waals surface area contributed by atoms with E-state index in [-0.39, 0.29) is 19.2 Å². The molecule has 0 radical (unpaired) electrons. The van der Waals surface area contributed by atoms with Crippen LogP contribution in [0.3, 0.4) is 0 Å². The molecule has 0 aliphatic rings. The maximum atomic E-state index is 11.4. The molecule has 6 nitrogen and oxygen atoms in total. The highest BCUT2D eigenvalue weighted by Gasteiger charge is 2.07. The quantitative estimate of drug-likeness (QED) is 0.0758. The van der Waals surface area contributed by atoms with E-state index in [0.29, 0.717) is 11.1 Å². The van der Waals surface area contributed by atoms with Crippen molar-refractivity contribution >= 4 is 41.9 Å². The molecule has 1 rings (SSSR count). The van der Waals surface area contributed by atoms with Crippen LogP contribution in [-0.2, 0) is 9.53 Å². The first-order chi connectivity index (χ1) is 15.5. The molecule has 0 spiro atoms. The Kier molecular flexibility index (Phi) is 22.7. The number of carbonyl (C=O) groups excluding carboxylic acids is 1. The van der Waals surface area contributed by atoms with Crippen molar-refractivity contribution < 1.29 is 19.7 Å². The second-order valence-corrected chi connectivity index (χ2v) is 9.69. The Balaban J connectivity index is 0.00000115. The van der Waals surface area contributed by atoms with Crippen molar-refractivity contribution in [3.63, 3.8) is 0 Å². The molecule has 0 saturated carbocycles. The van der Waals surface area contributed by atoms with Crippen LogP contribution in [0.5, 0.6) is 0 Å². The first kappa shape index (κ1) is 31.1. The highest BCUT2D eigenvalue weighted by Crippen LogP contribution is 2.10. The van der Waals surface area contributed by atoms with Gasteiger partial charge >= 0.3 is 5.97 Å². The Morgan fingerprint density at radius 3 is 2.03 bits per heavy atom. The number of nitrogens with one attached hydrogen (secondary N) is 2. The highest BCUT2D eigenvalue weighted by molar-refractivity contribution is 7.75. The van der Waals surface area contributed by atoms with Gasteiger partial charge < -0.3 is 14.9 Å². The lowest BCUT2D eigenvalue weighted by Crippen LogP contribution is -2.21. The van der Waals surface area contributed by atoms with Gasteiger partial charge in [0, 0.05) is 6.42 Å². The fourth-order valence-corrected chi connectivity index (χ4v) is 3.68. The maximum Gasteiger partial charge on any atom is 0.305 e. The summed E-state index contributed by atoms with van der Waals surface area (Å²) in [4.78, 5) is 11.4. The van der Waals surface area contributed by atoms with Crippen LogP contribution < -0.4 is 0 Å². The SMILES string of the molecule is CCCCCCCC/C=C\CCCCCCCC(=O)OCC(O)CO.S=c1[nH][nH]sc1=S. The number of aliphatic hydroxyl groups excluding tert-OH is 2. The molecule has 0 bridgehead atoms. The molecule has 1 aromatic rings. The third-order valence-corrected chi connectivity index (χ3v) is 6.40. The van der Waals surface area contributed by atoms with E-state index >= 15 is 0 Å². The molecular weight excluding hydrogens is 464 g/mol. The molecule has 1 unspecified atom stereocenters. The number of carbonyl (C=O) groups is 1. The third-order valence-electron chi connectivity index (χ3n) is 4.78. The minimum Gasteiger partial charge on any atom is -0.463 e. The lowest BCUT2D eigenvalue weighted by molar-refractivity contribution is -0.147. The molecule has 186 valence electrons. The zero-order valence-corrected chi connectivity index (χ0v) is 21.9. The number of hydrogen-bond donors (Lipinski definition) is 4. The minimum absolute atomic E-state index is 0.111. The molecule has 4 N–H and O–H groups in total. The summed E-state index contributed by atoms with van der Waals surface area (Å²) >= 11 is 10.8. The van der Waals surface area contributed by atoms with Gasteiger partial charge in [-0.15, -0.1) is 0 Å². The minimum atomic E-state index is -0.960. The predicted molar refractivity (Wildman–Crippen MR) is 138 cm³/mol. The van der Waals surface area contributed by atoms with Gasteiger partial charge in [-0.3, -0.25) is 14.4 Å². The number of esters is 1. The normalized spacial score (nSPS) is 11.8. The van der Waals surface area contributed by atoms with E-state index < -0.39 is 6.10 Å². The van der Waals surface area contributed by atoms with Crippen molar-refractivity contribution in [2.45, 2.75) is 103 Å². The fraction of sp³-hybridized carbons (Fsp3) is 0.783. The van der Waals surface area contributed by atoms with Crippen molar-refractivity contribution in [3.8, 4) is 0 Å². The number of ether oxygens (including phenoxy) is 1. The van der Waals surface area contributed by atoms with Crippen LogP contribution in [0.1, 0.15) is 96.8 Å². The van der Waals surface area contributed by atoms with Gasteiger partial charge in [0.2, 0.25) is 0 Å². The van der Waals surface area contributed by atoms with Crippen LogP contribution in [0, 0.1) is 8.46 Å². The second kappa shape index (κ2) is 23.3. The third kappa shape index (κ3) is 21.0. The van der Waals surface area contributed by atoms with Crippen LogP contribution in [0.2, 0.25) is 0 Å². The second-order valence-electron chi connectivity index (χ2n) is 7.80. The number of aromatic nitrogens is 2. The molecule has 0 aromatic carbocycles. The average Bonchev–Trinajstić information content (AvgIpc) is 3.17. The summed E-state index contributed by atoms with van der Waals surface area (Å²) in [7, 11) is 0. The van der Waals surface area contributed by atoms with Crippen LogP contribution in [0.4, 0.5) is 0 Å². The molecule has 0 amide bonds. The molecule has 9 heteroatoms. The average molecular weight is 507 g/mol. The van der Waals surface area contributed by atoms with E-state index in [2.05, 4.69) is 28.7 Å². The van der Waals surface area contributed by atoms with Crippen molar-refractivity contribution in [3.05, 3.63) is 20.6 Å². The van der Waals surface area contributed by atoms with E-state index in [1.54, 1.807) is 0 Å². The zero-order chi connectivity index (χ0) is 23.9. The van der Waals surface area contributed by atoms with Crippen molar-refractivity contribution in [2.24, 2.45) is 0 Å². The summed E-state index contributed by atoms with van der Waals surface area (Å²) < 4.78 is 8.90. The topological polar surface area (TPSA) is 98.3 Å². The highest BCUT2D eigenvalue weighted by atomic mass is 32.2. The zero-order valence-electron chi connectivity index (χ0n) is 19.5. The molecule has 1 aromatic heterocycles. The molecule has 0 aliphatic carbocycles. The fourth-order valence-electron chi connectivity index (χ4n) is 2.87. The number of aliphatic hydroxyl groups is 2. The summed E-state index contributed by atoms with van der Waals surface area (Å²) in [5.41, 5.74) is 0. The smallest absolute Gasteiger partial charge is 0.305 e. The number of rotatable bonds is 18. The maximum absolute atomic E-state index is 11.4. The van der Waals surface area contributed by atoms with E-state index in [1.807, 2.05) is 0 Å². The number of allylic oxidation sites excluding steroid dienone is 2. The summed E-state index contributed by atoms with van der Waals surface area (Å²) in [6, 6.07) is 0. The van der Waals surface area contributed by atoms with Crippen molar-refractivity contribution in [1.82, 2.24) is 9.59 Å². The lowest BCUT2D eigenvalue weighted by Gasteiger charge is -2.08. The van der Waals surface area contributed by atoms with Gasteiger partial charge in [-0.25, -0.2) is 0 Å². The molecule has 0 aliphatic heterocycles. The lowest BCUT2D eigenvalue weighted by atomic mass is 10.1. The molecule has 1 atom stereocenters. The van der Waals surface area contributed by atoms with E-state index in [1.165, 1.54) is 69.3 Å². The van der Waals surface area contributed by atoms with E-state index in [9.17, 15) is 4.79 Å². The molecule has 1 heterocycles. The van der Waals surface area contributed by atoms with Crippen molar-refractivity contribution in [2.75, 3.05) is 13.2 Å². The van der Waals surface area contributed by atoms with Crippen molar-refractivity contribution in [1.29, 1.82) is 0 Å². The Morgan fingerprint density at radius 2 is 1.56 bits per heavy atom. The van der Waals surface area contributed by atoms with Gasteiger partial charge in [-0.2, -0.15) is 0 Å². The predicted octanol–water partition coefficient (Wildman–Crippen LogP) is 6.78. The number of unbranched alkanes of at least 4 members (excludes halogenated alkanes) is 11. The van der Waals surface area contributed by atoms with Crippen LogP contribution >= 0.6 is 36.0 Å². The molecular formula is C23H42N2O4S3. The molecule has 0 saturated heterocycles. The number of aromatic amines is 2. The van der Waals surface area contributed by atoms with Gasteiger partial charge in [0.05, 0.1) is 6.61 Å². The number of H-pyrrole nitrogens is 2. The van der Waals surface area contributed by atoms with Gasteiger partial charge in [0.15, 0.2) is 0 Å². The van der Waals surface area contributed by atoms with Gasteiger partial charge in [0.1, 0.15) is 21.2 Å². The van der Waals surface area contributed by atoms with Crippen LogP contribution in [0.15, 0.2) is 12.2 Å². The van der Waals surface area contributed by atoms with Gasteiger partial charge in [-0.05, 0) is 43.6 Å². The van der Waals surface area contributed by atoms with Crippen LogP contribution in [0.25, 0.3) is 0 Å². The Hall–Kier alpha value is -0.870. The molecule has 32 heavy (non-hydrogen) atoms. The Morgan fingerprint density at radius 1 is 1.00 bits per heavy atom.